The molecule has 2 aromatic rings. The fourth-order valence-electron chi connectivity index (χ4n) is 1.76. The van der Waals surface area contributed by atoms with E-state index in [1.54, 1.807) is 6.21 Å². The molecule has 6 heteroatoms. The number of aromatic amines is 1. The van der Waals surface area contributed by atoms with E-state index >= 15 is 0 Å². The van der Waals surface area contributed by atoms with Crippen LogP contribution in [0, 0.1) is 3.95 Å². The molecule has 0 amide bonds. The van der Waals surface area contributed by atoms with E-state index in [9.17, 15) is 5.11 Å². The van der Waals surface area contributed by atoms with Gasteiger partial charge in [-0.3, -0.25) is 0 Å². The van der Waals surface area contributed by atoms with Crippen molar-refractivity contribution in [3.8, 4) is 5.88 Å². The predicted octanol–water partition coefficient (Wildman–Crippen LogP) is 3.38. The molecular weight excluding hydrogens is 278 g/mol. The molecule has 19 heavy (non-hydrogen) atoms. The Morgan fingerprint density at radius 1 is 1.26 bits per heavy atom. The van der Waals surface area contributed by atoms with Crippen molar-refractivity contribution in [3.05, 3.63) is 50.3 Å². The van der Waals surface area contributed by atoms with Crippen molar-refractivity contribution in [2.24, 2.45) is 10.2 Å². The Bertz CT molecular complexity index is 754. The number of nitrogens with one attached hydrogen (secondary N) is 1. The number of allylic oxidation sites excluding steroid dienone is 1. The first-order valence-corrected chi connectivity index (χ1v) is 6.77. The van der Waals surface area contributed by atoms with Crippen molar-refractivity contribution in [2.75, 3.05) is 0 Å². The molecule has 1 aromatic heterocycles. The summed E-state index contributed by atoms with van der Waals surface area (Å²) in [4.78, 5) is 3.37. The summed E-state index contributed by atoms with van der Waals surface area (Å²) in [5.74, 6) is 0.0789. The van der Waals surface area contributed by atoms with Crippen LogP contribution in [-0.4, -0.2) is 22.0 Å². The monoisotopic (exact) mass is 287 g/mol. The highest BCUT2D eigenvalue weighted by molar-refractivity contribution is 7.73. The lowest BCUT2D eigenvalue weighted by Gasteiger charge is -2.01. The van der Waals surface area contributed by atoms with Gasteiger partial charge in [-0.25, -0.2) is 0 Å². The molecule has 0 unspecified atom stereocenters. The Labute approximate surface area is 118 Å². The van der Waals surface area contributed by atoms with Crippen LogP contribution in [0.5, 0.6) is 5.88 Å². The average molecular weight is 287 g/mol. The van der Waals surface area contributed by atoms with Crippen LogP contribution < -0.4 is 0 Å². The van der Waals surface area contributed by atoms with E-state index in [1.165, 1.54) is 11.3 Å². The lowest BCUT2D eigenvalue weighted by Crippen LogP contribution is -2.01. The van der Waals surface area contributed by atoms with Gasteiger partial charge < -0.3 is 10.1 Å². The summed E-state index contributed by atoms with van der Waals surface area (Å²) in [6, 6.07) is 9.80. The van der Waals surface area contributed by atoms with Gasteiger partial charge in [0, 0.05) is 11.1 Å². The molecule has 0 atom stereocenters. The molecule has 0 bridgehead atoms. The zero-order valence-electron chi connectivity index (χ0n) is 9.70. The van der Waals surface area contributed by atoms with Crippen LogP contribution >= 0.6 is 23.6 Å². The third kappa shape index (κ3) is 2.40. The van der Waals surface area contributed by atoms with E-state index in [0.717, 1.165) is 16.8 Å². The minimum absolute atomic E-state index is 0.0789. The molecule has 0 radical (unpaired) electrons. The Morgan fingerprint density at radius 3 is 2.74 bits per heavy atom. The molecule has 1 aromatic carbocycles. The second kappa shape index (κ2) is 4.91. The average Bonchev–Trinajstić information content (AvgIpc) is 2.98. The molecular formula is C13H9N3OS2. The standard InChI is InChI=1S/C13H9N3OS2/c17-12-10(19-13(18)15-12)6-9-7-14-16-11(9)8-4-2-1-3-5-8/h1-7,17H,(H,15,18)/b9-6-. The van der Waals surface area contributed by atoms with Gasteiger partial charge in [-0.15, -0.1) is 16.4 Å². The summed E-state index contributed by atoms with van der Waals surface area (Å²) in [6.45, 7) is 0. The van der Waals surface area contributed by atoms with Gasteiger partial charge >= 0.3 is 0 Å². The maximum Gasteiger partial charge on any atom is 0.207 e. The van der Waals surface area contributed by atoms with Crippen LogP contribution in [0.3, 0.4) is 0 Å². The van der Waals surface area contributed by atoms with Gasteiger partial charge in [-0.05, 0) is 18.3 Å². The number of thiazole rings is 1. The number of nitrogens with zero attached hydrogens (tertiary/aromatic N) is 2. The smallest absolute Gasteiger partial charge is 0.207 e. The number of H-pyrrole nitrogens is 1. The maximum absolute atomic E-state index is 9.71. The number of benzene rings is 1. The number of aromatic hydroxyl groups is 1. The fourth-order valence-corrected chi connectivity index (χ4v) is 2.81. The van der Waals surface area contributed by atoms with Crippen LogP contribution in [0.15, 0.2) is 46.1 Å². The van der Waals surface area contributed by atoms with Gasteiger partial charge in [-0.1, -0.05) is 30.3 Å². The van der Waals surface area contributed by atoms with Crippen molar-refractivity contribution in [2.45, 2.75) is 0 Å². The third-order valence-corrected chi connectivity index (χ3v) is 3.79. The van der Waals surface area contributed by atoms with E-state index in [4.69, 9.17) is 12.2 Å². The normalized spacial score (nSPS) is 16.0. The zero-order chi connectivity index (χ0) is 13.2. The van der Waals surface area contributed by atoms with E-state index < -0.39 is 0 Å². The topological polar surface area (TPSA) is 60.7 Å². The lowest BCUT2D eigenvalue weighted by atomic mass is 10.0. The molecule has 0 spiro atoms. The van der Waals surface area contributed by atoms with Crippen molar-refractivity contribution in [1.82, 2.24) is 4.98 Å². The number of aromatic nitrogens is 1. The summed E-state index contributed by atoms with van der Waals surface area (Å²) < 4.78 is 0.539. The summed E-state index contributed by atoms with van der Waals surface area (Å²) >= 11 is 6.31. The van der Waals surface area contributed by atoms with Crippen molar-refractivity contribution in [3.63, 3.8) is 0 Å². The summed E-state index contributed by atoms with van der Waals surface area (Å²) in [5.41, 5.74) is 2.64. The minimum atomic E-state index is 0.0789. The fraction of sp³-hybridized carbons (Fsp3) is 0. The van der Waals surface area contributed by atoms with Gasteiger partial charge in [-0.2, -0.15) is 5.10 Å². The summed E-state index contributed by atoms with van der Waals surface area (Å²) in [5, 5.41) is 17.8. The number of hydrogen-bond donors (Lipinski definition) is 2. The highest BCUT2D eigenvalue weighted by Crippen LogP contribution is 2.26. The van der Waals surface area contributed by atoms with Crippen LogP contribution in [0.1, 0.15) is 10.4 Å². The van der Waals surface area contributed by atoms with E-state index in [1.807, 2.05) is 36.4 Å². The van der Waals surface area contributed by atoms with E-state index in [-0.39, 0.29) is 5.88 Å². The summed E-state index contributed by atoms with van der Waals surface area (Å²) in [7, 11) is 0. The largest absolute Gasteiger partial charge is 0.494 e. The molecule has 0 saturated heterocycles. The molecule has 0 saturated carbocycles. The van der Waals surface area contributed by atoms with Crippen LogP contribution in [-0.2, 0) is 0 Å². The Balaban J connectivity index is 2.02. The molecule has 94 valence electrons. The SMILES string of the molecule is Oc1[nH]c(=S)sc1/C=C1/C=NN=C1c1ccccc1. The minimum Gasteiger partial charge on any atom is -0.494 e. The van der Waals surface area contributed by atoms with Gasteiger partial charge in [0.1, 0.15) is 5.71 Å². The number of rotatable bonds is 2. The van der Waals surface area contributed by atoms with Crippen molar-refractivity contribution in [1.29, 1.82) is 0 Å². The lowest BCUT2D eigenvalue weighted by molar-refractivity contribution is 0.456. The highest BCUT2D eigenvalue weighted by atomic mass is 32.1. The quantitative estimate of drug-likeness (QED) is 0.832. The van der Waals surface area contributed by atoms with Crippen molar-refractivity contribution >= 4 is 41.6 Å². The first-order chi connectivity index (χ1) is 9.24. The Morgan fingerprint density at radius 2 is 2.05 bits per heavy atom. The molecule has 0 fully saturated rings. The van der Waals surface area contributed by atoms with Gasteiger partial charge in [0.2, 0.25) is 5.88 Å². The zero-order valence-corrected chi connectivity index (χ0v) is 11.3. The second-order valence-corrected chi connectivity index (χ2v) is 5.61. The maximum atomic E-state index is 9.71. The predicted molar refractivity (Wildman–Crippen MR) is 80.6 cm³/mol. The van der Waals surface area contributed by atoms with Crippen LogP contribution in [0.2, 0.25) is 0 Å². The summed E-state index contributed by atoms with van der Waals surface area (Å²) in [6.07, 6.45) is 3.50. The number of hydrogen-bond acceptors (Lipinski definition) is 5. The molecule has 4 nitrogen and oxygen atoms in total. The third-order valence-electron chi connectivity index (χ3n) is 2.62. The first-order valence-electron chi connectivity index (χ1n) is 5.54. The molecule has 1 aliphatic heterocycles. The van der Waals surface area contributed by atoms with E-state index in [0.29, 0.717) is 8.83 Å². The second-order valence-electron chi connectivity index (χ2n) is 3.89. The first kappa shape index (κ1) is 12.0. The van der Waals surface area contributed by atoms with E-state index in [2.05, 4.69) is 15.2 Å². The van der Waals surface area contributed by atoms with Crippen LogP contribution in [0.25, 0.3) is 6.08 Å². The Kier molecular flexibility index (Phi) is 3.10. The molecule has 0 aliphatic carbocycles. The molecule has 2 heterocycles. The van der Waals surface area contributed by atoms with Crippen molar-refractivity contribution < 1.29 is 5.11 Å². The molecule has 2 N–H and O–H groups in total. The van der Waals surface area contributed by atoms with Crippen LogP contribution in [0.4, 0.5) is 0 Å². The molecule has 3 rings (SSSR count). The van der Waals surface area contributed by atoms with Gasteiger partial charge in [0.05, 0.1) is 11.1 Å². The van der Waals surface area contributed by atoms with Gasteiger partial charge in [0.15, 0.2) is 3.95 Å². The molecule has 1 aliphatic rings. The Hall–Kier alpha value is -2.05. The highest BCUT2D eigenvalue weighted by Gasteiger charge is 2.14. The van der Waals surface area contributed by atoms with Gasteiger partial charge in [0.25, 0.3) is 0 Å².